The van der Waals surface area contributed by atoms with Gasteiger partial charge in [0.05, 0.1) is 6.61 Å². The minimum absolute atomic E-state index is 0.254. The second-order valence-electron chi connectivity index (χ2n) is 4.10. The largest absolute Gasteiger partial charge is 0.461 e. The van der Waals surface area contributed by atoms with Crippen LogP contribution in [0.5, 0.6) is 0 Å². The van der Waals surface area contributed by atoms with Gasteiger partial charge in [0.1, 0.15) is 5.69 Å². The molecule has 3 nitrogen and oxygen atoms in total. The van der Waals surface area contributed by atoms with Gasteiger partial charge in [-0.3, -0.25) is 0 Å². The highest BCUT2D eigenvalue weighted by Gasteiger charge is 2.21. The monoisotopic (exact) mass is 207 g/mol. The Bertz CT molecular complexity index is 339. The number of H-pyrrole nitrogens is 1. The molecule has 1 N–H and O–H groups in total. The van der Waals surface area contributed by atoms with Crippen molar-refractivity contribution < 1.29 is 9.53 Å². The van der Waals surface area contributed by atoms with Gasteiger partial charge in [-0.2, -0.15) is 0 Å². The van der Waals surface area contributed by atoms with E-state index in [1.165, 1.54) is 19.3 Å². The van der Waals surface area contributed by atoms with E-state index in [9.17, 15) is 4.79 Å². The van der Waals surface area contributed by atoms with E-state index in [4.69, 9.17) is 4.74 Å². The zero-order chi connectivity index (χ0) is 10.7. The second-order valence-corrected chi connectivity index (χ2v) is 4.10. The Morgan fingerprint density at radius 1 is 1.53 bits per heavy atom. The Morgan fingerprint density at radius 2 is 2.33 bits per heavy atom. The molecule has 0 aromatic carbocycles. The summed E-state index contributed by atoms with van der Waals surface area (Å²) in [6, 6.07) is 3.79. The SMILES string of the molecule is CCOC(=O)c1ccc(CCC2CC2)[nH]1. The van der Waals surface area contributed by atoms with Crippen molar-refractivity contribution in [3.05, 3.63) is 23.5 Å². The number of esters is 1. The molecular formula is C12H17NO2. The number of nitrogens with one attached hydrogen (secondary N) is 1. The van der Waals surface area contributed by atoms with Gasteiger partial charge in [0.2, 0.25) is 0 Å². The Balaban J connectivity index is 1.87. The lowest BCUT2D eigenvalue weighted by molar-refractivity contribution is 0.0520. The molecule has 0 saturated heterocycles. The summed E-state index contributed by atoms with van der Waals surface area (Å²) in [5.74, 6) is 0.675. The average molecular weight is 207 g/mol. The Kier molecular flexibility index (Phi) is 3.09. The highest BCUT2D eigenvalue weighted by Crippen LogP contribution is 2.33. The maximum Gasteiger partial charge on any atom is 0.354 e. The van der Waals surface area contributed by atoms with Gasteiger partial charge in [-0.1, -0.05) is 12.8 Å². The lowest BCUT2D eigenvalue weighted by Gasteiger charge is -1.98. The fourth-order valence-electron chi connectivity index (χ4n) is 1.68. The molecule has 0 unspecified atom stereocenters. The third-order valence-corrected chi connectivity index (χ3v) is 2.76. The lowest BCUT2D eigenvalue weighted by atomic mass is 10.2. The van der Waals surface area contributed by atoms with Crippen molar-refractivity contribution in [1.29, 1.82) is 0 Å². The number of aromatic nitrogens is 1. The predicted molar refractivity (Wildman–Crippen MR) is 57.8 cm³/mol. The minimum Gasteiger partial charge on any atom is -0.461 e. The molecule has 0 bridgehead atoms. The topological polar surface area (TPSA) is 42.1 Å². The van der Waals surface area contributed by atoms with Crippen molar-refractivity contribution in [2.24, 2.45) is 5.92 Å². The van der Waals surface area contributed by atoms with E-state index < -0.39 is 0 Å². The van der Waals surface area contributed by atoms with Crippen LogP contribution in [0.2, 0.25) is 0 Å². The van der Waals surface area contributed by atoms with Crippen LogP contribution >= 0.6 is 0 Å². The van der Waals surface area contributed by atoms with Crippen LogP contribution in [0, 0.1) is 5.92 Å². The fraction of sp³-hybridized carbons (Fsp3) is 0.583. The summed E-state index contributed by atoms with van der Waals surface area (Å²) in [6.45, 7) is 2.24. The molecule has 3 heteroatoms. The molecule has 1 aliphatic carbocycles. The maximum absolute atomic E-state index is 11.4. The van der Waals surface area contributed by atoms with Crippen LogP contribution < -0.4 is 0 Å². The molecule has 1 aliphatic rings. The first-order valence-corrected chi connectivity index (χ1v) is 5.64. The molecule has 1 heterocycles. The number of aromatic amines is 1. The summed E-state index contributed by atoms with van der Waals surface area (Å²) in [6.07, 6.45) is 5.05. The molecule has 0 spiro atoms. The van der Waals surface area contributed by atoms with E-state index in [1.54, 1.807) is 6.07 Å². The van der Waals surface area contributed by atoms with Crippen LogP contribution in [0.25, 0.3) is 0 Å². The summed E-state index contributed by atoms with van der Waals surface area (Å²) in [5.41, 5.74) is 1.72. The molecular weight excluding hydrogens is 190 g/mol. The molecule has 1 saturated carbocycles. The van der Waals surface area contributed by atoms with Gasteiger partial charge in [0, 0.05) is 5.69 Å². The van der Waals surface area contributed by atoms with Gasteiger partial charge in [-0.25, -0.2) is 4.79 Å². The number of carbonyl (C=O) groups excluding carboxylic acids is 1. The van der Waals surface area contributed by atoms with Crippen molar-refractivity contribution in [3.8, 4) is 0 Å². The van der Waals surface area contributed by atoms with Crippen LogP contribution in [0.15, 0.2) is 12.1 Å². The van der Waals surface area contributed by atoms with Crippen molar-refractivity contribution in [2.75, 3.05) is 6.61 Å². The lowest BCUT2D eigenvalue weighted by Crippen LogP contribution is -2.05. The summed E-state index contributed by atoms with van der Waals surface area (Å²) >= 11 is 0. The van der Waals surface area contributed by atoms with Crippen LogP contribution in [0.1, 0.15) is 42.4 Å². The standard InChI is InChI=1S/C12H17NO2/c1-2-15-12(14)11-8-7-10(13-11)6-5-9-3-4-9/h7-9,13H,2-6H2,1H3. The summed E-state index contributed by atoms with van der Waals surface area (Å²) in [7, 11) is 0. The van der Waals surface area contributed by atoms with Gasteiger partial charge in [0.25, 0.3) is 0 Å². The smallest absolute Gasteiger partial charge is 0.354 e. The summed E-state index contributed by atoms with van der Waals surface area (Å²) < 4.78 is 4.91. The molecule has 0 radical (unpaired) electrons. The molecule has 82 valence electrons. The quantitative estimate of drug-likeness (QED) is 0.754. The molecule has 1 aromatic rings. The molecule has 0 atom stereocenters. The van der Waals surface area contributed by atoms with E-state index >= 15 is 0 Å². The highest BCUT2D eigenvalue weighted by molar-refractivity contribution is 5.87. The van der Waals surface area contributed by atoms with Gasteiger partial charge in [-0.15, -0.1) is 0 Å². The van der Waals surface area contributed by atoms with E-state index in [-0.39, 0.29) is 5.97 Å². The van der Waals surface area contributed by atoms with Crippen LogP contribution in [-0.4, -0.2) is 17.6 Å². The van der Waals surface area contributed by atoms with Gasteiger partial charge in [0.15, 0.2) is 0 Å². The van der Waals surface area contributed by atoms with E-state index in [0.29, 0.717) is 12.3 Å². The van der Waals surface area contributed by atoms with Crippen molar-refractivity contribution in [3.63, 3.8) is 0 Å². The van der Waals surface area contributed by atoms with Crippen LogP contribution in [0.3, 0.4) is 0 Å². The van der Waals surface area contributed by atoms with Crippen LogP contribution in [0.4, 0.5) is 0 Å². The van der Waals surface area contributed by atoms with E-state index in [2.05, 4.69) is 4.98 Å². The third kappa shape index (κ3) is 2.85. The Hall–Kier alpha value is -1.25. The Morgan fingerprint density at radius 3 is 3.00 bits per heavy atom. The molecule has 0 amide bonds. The fourth-order valence-corrected chi connectivity index (χ4v) is 1.68. The minimum atomic E-state index is -0.254. The predicted octanol–water partition coefficient (Wildman–Crippen LogP) is 2.53. The number of hydrogen-bond acceptors (Lipinski definition) is 2. The normalized spacial score (nSPS) is 15.3. The highest BCUT2D eigenvalue weighted by atomic mass is 16.5. The van der Waals surface area contributed by atoms with Gasteiger partial charge in [-0.05, 0) is 37.8 Å². The van der Waals surface area contributed by atoms with Crippen LogP contribution in [-0.2, 0) is 11.2 Å². The van der Waals surface area contributed by atoms with Gasteiger partial charge >= 0.3 is 5.97 Å². The number of carbonyl (C=O) groups is 1. The first kappa shape index (κ1) is 10.3. The number of aryl methyl sites for hydroxylation is 1. The first-order valence-electron chi connectivity index (χ1n) is 5.64. The zero-order valence-corrected chi connectivity index (χ0v) is 9.08. The average Bonchev–Trinajstić information content (AvgIpc) is 2.93. The molecule has 15 heavy (non-hydrogen) atoms. The van der Waals surface area contributed by atoms with E-state index in [0.717, 1.165) is 18.0 Å². The van der Waals surface area contributed by atoms with Crippen molar-refractivity contribution in [1.82, 2.24) is 4.98 Å². The molecule has 1 fully saturated rings. The second kappa shape index (κ2) is 4.51. The van der Waals surface area contributed by atoms with Crippen molar-refractivity contribution in [2.45, 2.75) is 32.6 Å². The number of rotatable bonds is 5. The zero-order valence-electron chi connectivity index (χ0n) is 9.08. The third-order valence-electron chi connectivity index (χ3n) is 2.76. The maximum atomic E-state index is 11.4. The van der Waals surface area contributed by atoms with Gasteiger partial charge < -0.3 is 9.72 Å². The number of hydrogen-bond donors (Lipinski definition) is 1. The molecule has 2 rings (SSSR count). The first-order chi connectivity index (χ1) is 7.29. The van der Waals surface area contributed by atoms with E-state index in [1.807, 2.05) is 13.0 Å². The molecule has 1 aromatic heterocycles. The summed E-state index contributed by atoms with van der Waals surface area (Å²) in [4.78, 5) is 14.5. The summed E-state index contributed by atoms with van der Waals surface area (Å²) in [5, 5.41) is 0. The Labute approximate surface area is 89.8 Å². The number of ether oxygens (including phenoxy) is 1. The van der Waals surface area contributed by atoms with Crippen molar-refractivity contribution >= 4 is 5.97 Å². The molecule has 0 aliphatic heterocycles.